The van der Waals surface area contributed by atoms with Crippen molar-refractivity contribution < 1.29 is 9.53 Å². The van der Waals surface area contributed by atoms with E-state index < -0.39 is 16.8 Å². The Labute approximate surface area is 101 Å². The lowest BCUT2D eigenvalue weighted by molar-refractivity contribution is -0.147. The molecule has 0 heterocycles. The quantitative estimate of drug-likeness (QED) is 0.622. The zero-order chi connectivity index (χ0) is 12.2. The van der Waals surface area contributed by atoms with Crippen LogP contribution in [0.4, 0.5) is 0 Å². The van der Waals surface area contributed by atoms with Gasteiger partial charge < -0.3 is 10.5 Å². The first kappa shape index (κ1) is 13.1. The van der Waals surface area contributed by atoms with E-state index in [1.54, 1.807) is 13.8 Å². The summed E-state index contributed by atoms with van der Waals surface area (Å²) < 4.78 is 4.53. The molecule has 0 spiro atoms. The van der Waals surface area contributed by atoms with Crippen molar-refractivity contribution >= 4 is 18.6 Å². The second-order valence-electron chi connectivity index (χ2n) is 4.22. The fourth-order valence-corrected chi connectivity index (χ4v) is 1.21. The Morgan fingerprint density at radius 2 is 2.00 bits per heavy atom. The predicted octanol–water partition coefficient (Wildman–Crippen LogP) is 1.77. The molecule has 0 unspecified atom stereocenters. The molecule has 16 heavy (non-hydrogen) atoms. The number of esters is 1. The zero-order valence-electron chi connectivity index (χ0n) is 9.51. The van der Waals surface area contributed by atoms with Gasteiger partial charge in [-0.15, -0.1) is 0 Å². The molecule has 1 rings (SSSR count). The van der Waals surface area contributed by atoms with Crippen LogP contribution in [-0.2, 0) is 16.1 Å². The maximum atomic E-state index is 11.6. The van der Waals surface area contributed by atoms with Gasteiger partial charge in [0.2, 0.25) is 0 Å². The van der Waals surface area contributed by atoms with Gasteiger partial charge in [0.25, 0.3) is 0 Å². The summed E-state index contributed by atoms with van der Waals surface area (Å²) in [6, 6.07) is 8.76. The molecular formula is C12H17NO2S. The number of thiol groups is 1. The normalized spacial score (nSPS) is 13.2. The molecule has 0 bridgehead atoms. The van der Waals surface area contributed by atoms with Crippen LogP contribution in [0, 0.1) is 0 Å². The number of hydrogen-bond acceptors (Lipinski definition) is 4. The molecule has 2 N–H and O–H groups in total. The largest absolute Gasteiger partial charge is 0.460 e. The summed E-state index contributed by atoms with van der Waals surface area (Å²) in [6.07, 6.45) is 0. The van der Waals surface area contributed by atoms with Crippen molar-refractivity contribution in [3.05, 3.63) is 35.9 Å². The summed E-state index contributed by atoms with van der Waals surface area (Å²) >= 11 is 4.24. The number of hydrogen-bond donors (Lipinski definition) is 2. The Kier molecular flexibility index (Phi) is 4.38. The molecule has 0 aliphatic carbocycles. The van der Waals surface area contributed by atoms with E-state index >= 15 is 0 Å². The average Bonchev–Trinajstić information content (AvgIpc) is 2.25. The fourth-order valence-electron chi connectivity index (χ4n) is 1.11. The molecule has 0 aromatic heterocycles. The van der Waals surface area contributed by atoms with E-state index in [2.05, 4.69) is 12.6 Å². The molecule has 0 saturated heterocycles. The van der Waals surface area contributed by atoms with Gasteiger partial charge in [-0.25, -0.2) is 0 Å². The summed E-state index contributed by atoms with van der Waals surface area (Å²) in [5.41, 5.74) is 6.65. The Morgan fingerprint density at radius 3 is 2.50 bits per heavy atom. The molecule has 0 saturated carbocycles. The minimum atomic E-state index is -0.723. The molecule has 0 amide bonds. The Morgan fingerprint density at radius 1 is 1.44 bits per heavy atom. The molecule has 0 radical (unpaired) electrons. The number of benzene rings is 1. The first-order valence-corrected chi connectivity index (χ1v) is 5.54. The molecule has 0 aliphatic rings. The lowest BCUT2D eigenvalue weighted by Gasteiger charge is -2.24. The predicted molar refractivity (Wildman–Crippen MR) is 67.3 cm³/mol. The van der Waals surface area contributed by atoms with E-state index in [1.807, 2.05) is 30.3 Å². The number of carbonyl (C=O) groups excluding carboxylic acids is 1. The number of rotatable bonds is 4. The van der Waals surface area contributed by atoms with Crippen molar-refractivity contribution in [1.29, 1.82) is 0 Å². The smallest absolute Gasteiger partial charge is 0.324 e. The van der Waals surface area contributed by atoms with Crippen LogP contribution in [0.5, 0.6) is 0 Å². The second kappa shape index (κ2) is 5.37. The van der Waals surface area contributed by atoms with E-state index in [4.69, 9.17) is 10.5 Å². The molecule has 1 aromatic rings. The van der Waals surface area contributed by atoms with Crippen molar-refractivity contribution in [3.8, 4) is 0 Å². The van der Waals surface area contributed by atoms with E-state index in [9.17, 15) is 4.79 Å². The summed E-state index contributed by atoms with van der Waals surface area (Å²) in [5, 5.41) is 0. The zero-order valence-corrected chi connectivity index (χ0v) is 10.4. The van der Waals surface area contributed by atoms with Gasteiger partial charge in [0.05, 0.1) is 0 Å². The summed E-state index contributed by atoms with van der Waals surface area (Å²) in [6.45, 7) is 3.81. The lowest BCUT2D eigenvalue weighted by atomic mass is 10.0. The van der Waals surface area contributed by atoms with Gasteiger partial charge in [-0.05, 0) is 19.4 Å². The van der Waals surface area contributed by atoms with Crippen LogP contribution in [-0.4, -0.2) is 16.8 Å². The van der Waals surface area contributed by atoms with Crippen LogP contribution in [0.3, 0.4) is 0 Å². The molecule has 4 heteroatoms. The van der Waals surface area contributed by atoms with E-state index in [-0.39, 0.29) is 6.61 Å². The lowest BCUT2D eigenvalue weighted by Crippen LogP contribution is -2.46. The Bertz CT molecular complexity index is 346. The number of carbonyl (C=O) groups is 1. The van der Waals surface area contributed by atoms with Crippen molar-refractivity contribution in [1.82, 2.24) is 0 Å². The SMILES string of the molecule is CC(C)(S)[C@@H](N)C(=O)OCc1ccccc1. The number of nitrogens with two attached hydrogens (primary N) is 1. The van der Waals surface area contributed by atoms with Crippen molar-refractivity contribution in [2.24, 2.45) is 5.73 Å². The second-order valence-corrected chi connectivity index (χ2v) is 5.38. The highest BCUT2D eigenvalue weighted by molar-refractivity contribution is 7.81. The van der Waals surface area contributed by atoms with Crippen molar-refractivity contribution in [2.45, 2.75) is 31.2 Å². The van der Waals surface area contributed by atoms with Gasteiger partial charge in [0, 0.05) is 4.75 Å². The monoisotopic (exact) mass is 239 g/mol. The molecule has 3 nitrogen and oxygen atoms in total. The van der Waals surface area contributed by atoms with E-state index in [0.29, 0.717) is 0 Å². The third kappa shape index (κ3) is 3.87. The summed E-state index contributed by atoms with van der Waals surface area (Å²) in [4.78, 5) is 11.6. The van der Waals surface area contributed by atoms with Crippen molar-refractivity contribution in [3.63, 3.8) is 0 Å². The van der Waals surface area contributed by atoms with Crippen LogP contribution >= 0.6 is 12.6 Å². The van der Waals surface area contributed by atoms with Gasteiger partial charge in [-0.3, -0.25) is 4.79 Å². The first-order valence-electron chi connectivity index (χ1n) is 5.10. The number of ether oxygens (including phenoxy) is 1. The maximum absolute atomic E-state index is 11.6. The Balaban J connectivity index is 2.48. The van der Waals surface area contributed by atoms with E-state index in [0.717, 1.165) is 5.56 Å². The van der Waals surface area contributed by atoms with Gasteiger partial charge in [0.1, 0.15) is 12.6 Å². The minimum Gasteiger partial charge on any atom is -0.460 e. The van der Waals surface area contributed by atoms with E-state index in [1.165, 1.54) is 0 Å². The topological polar surface area (TPSA) is 52.3 Å². The van der Waals surface area contributed by atoms with Crippen LogP contribution < -0.4 is 5.73 Å². The first-order chi connectivity index (χ1) is 7.41. The van der Waals surface area contributed by atoms with Crippen LogP contribution in [0.2, 0.25) is 0 Å². The average molecular weight is 239 g/mol. The van der Waals surface area contributed by atoms with Crippen molar-refractivity contribution in [2.75, 3.05) is 0 Å². The summed E-state index contributed by atoms with van der Waals surface area (Å²) in [7, 11) is 0. The molecule has 1 atom stereocenters. The molecule has 88 valence electrons. The van der Waals surface area contributed by atoms with Gasteiger partial charge in [-0.1, -0.05) is 30.3 Å². The minimum absolute atomic E-state index is 0.247. The highest BCUT2D eigenvalue weighted by Crippen LogP contribution is 2.17. The third-order valence-electron chi connectivity index (χ3n) is 2.24. The fraction of sp³-hybridized carbons (Fsp3) is 0.417. The van der Waals surface area contributed by atoms with Gasteiger partial charge in [0.15, 0.2) is 0 Å². The molecule has 1 aromatic carbocycles. The third-order valence-corrected chi connectivity index (χ3v) is 2.52. The van der Waals surface area contributed by atoms with Crippen LogP contribution in [0.15, 0.2) is 30.3 Å². The molecule has 0 aliphatic heterocycles. The highest BCUT2D eigenvalue weighted by Gasteiger charge is 2.29. The Hall–Kier alpha value is -1.00. The summed E-state index contributed by atoms with van der Waals surface area (Å²) in [5.74, 6) is -0.427. The van der Waals surface area contributed by atoms with Gasteiger partial charge in [-0.2, -0.15) is 12.6 Å². The maximum Gasteiger partial charge on any atom is 0.324 e. The standard InChI is InChI=1S/C12H17NO2S/c1-12(2,16)10(13)11(14)15-8-9-6-4-3-5-7-9/h3-7,10,16H,8,13H2,1-2H3/t10-/m0/s1. The molecular weight excluding hydrogens is 222 g/mol. The molecule has 0 fully saturated rings. The van der Waals surface area contributed by atoms with Gasteiger partial charge >= 0.3 is 5.97 Å². The highest BCUT2D eigenvalue weighted by atomic mass is 32.1. The van der Waals surface area contributed by atoms with Crippen LogP contribution in [0.25, 0.3) is 0 Å². The van der Waals surface area contributed by atoms with Crippen LogP contribution in [0.1, 0.15) is 19.4 Å².